The molecular weight excluding hydrogens is 268 g/mol. The summed E-state index contributed by atoms with van der Waals surface area (Å²) in [5, 5.41) is 7.00. The quantitative estimate of drug-likeness (QED) is 0.449. The summed E-state index contributed by atoms with van der Waals surface area (Å²) in [6, 6.07) is 0. The van der Waals surface area contributed by atoms with Gasteiger partial charge < -0.3 is 9.84 Å². The molecule has 1 aliphatic carbocycles. The molecule has 0 aromatic carbocycles. The van der Waals surface area contributed by atoms with Crippen LogP contribution < -0.4 is 0 Å². The summed E-state index contributed by atoms with van der Waals surface area (Å²) < 4.78 is 5.45. The van der Waals surface area contributed by atoms with Crippen molar-refractivity contribution >= 4 is 12.6 Å². The van der Waals surface area contributed by atoms with Crippen LogP contribution >= 0.6 is 12.6 Å². The zero-order chi connectivity index (χ0) is 16.1. The van der Waals surface area contributed by atoms with Crippen molar-refractivity contribution in [2.24, 2.45) is 11.8 Å². The third-order valence-electron chi connectivity index (χ3n) is 3.80. The van der Waals surface area contributed by atoms with Gasteiger partial charge in [0.2, 0.25) is 0 Å². The molecule has 1 saturated heterocycles. The number of allylic oxidation sites excluding steroid dienone is 1. The minimum atomic E-state index is 0.657. The van der Waals surface area contributed by atoms with E-state index in [9.17, 15) is 0 Å². The lowest BCUT2D eigenvalue weighted by atomic mass is 9.86. The molecule has 0 aromatic rings. The van der Waals surface area contributed by atoms with Crippen LogP contribution in [-0.2, 0) is 4.74 Å². The molecule has 3 unspecified atom stereocenters. The second kappa shape index (κ2) is 14.0. The summed E-state index contributed by atoms with van der Waals surface area (Å²) >= 11 is 3.53. The van der Waals surface area contributed by atoms with Crippen LogP contribution in [0, 0.1) is 11.8 Å². The Kier molecular flexibility index (Phi) is 15.6. The lowest BCUT2D eigenvalue weighted by Gasteiger charge is -2.17. The molecule has 2 rings (SSSR count). The van der Waals surface area contributed by atoms with Crippen LogP contribution in [-0.4, -0.2) is 30.7 Å². The highest BCUT2D eigenvalue weighted by atomic mass is 32.1. The van der Waals surface area contributed by atoms with Crippen LogP contribution in [0.2, 0.25) is 0 Å². The van der Waals surface area contributed by atoms with Gasteiger partial charge in [0.15, 0.2) is 0 Å². The third-order valence-corrected chi connectivity index (χ3v) is 3.80. The number of thiol groups is 1. The van der Waals surface area contributed by atoms with Gasteiger partial charge in [-0.2, -0.15) is 12.6 Å². The van der Waals surface area contributed by atoms with Gasteiger partial charge in [0.05, 0.1) is 12.2 Å². The van der Waals surface area contributed by atoms with Crippen molar-refractivity contribution < 1.29 is 9.84 Å². The van der Waals surface area contributed by atoms with Gasteiger partial charge in [-0.1, -0.05) is 45.8 Å². The Bertz CT molecular complexity index is 229. The summed E-state index contributed by atoms with van der Waals surface area (Å²) in [6.07, 6.45) is 9.97. The topological polar surface area (TPSA) is 32.8 Å². The largest absolute Gasteiger partial charge is 0.400 e. The van der Waals surface area contributed by atoms with E-state index in [1.165, 1.54) is 37.7 Å². The van der Waals surface area contributed by atoms with E-state index in [1.807, 2.05) is 6.92 Å². The Morgan fingerprint density at radius 3 is 2.10 bits per heavy atom. The highest BCUT2D eigenvalue weighted by molar-refractivity contribution is 7.79. The number of epoxide rings is 1. The second-order valence-electron chi connectivity index (χ2n) is 5.68. The molecule has 20 heavy (non-hydrogen) atoms. The van der Waals surface area contributed by atoms with Gasteiger partial charge in [0, 0.05) is 7.11 Å². The molecule has 1 N–H and O–H groups in total. The first-order valence-corrected chi connectivity index (χ1v) is 8.64. The number of hydrogen-bond acceptors (Lipinski definition) is 3. The second-order valence-corrected chi connectivity index (χ2v) is 5.68. The highest BCUT2D eigenvalue weighted by Crippen LogP contribution is 2.40. The summed E-state index contributed by atoms with van der Waals surface area (Å²) in [6.45, 7) is 12.4. The fraction of sp³-hybridized carbons (Fsp3) is 0.882. The summed E-state index contributed by atoms with van der Waals surface area (Å²) in [4.78, 5) is 0. The standard InChI is InChI=1S/C9H16O.C6H12.CH4O.CH4S/c1-2-3-7-4-5-8-9(6-7)10-8;1-5(2)6(3)4;2*1-2/h7-9H,2-6H2,1H3;6H,1H2,2-4H3;2*2H,1H3. The van der Waals surface area contributed by atoms with Crippen molar-refractivity contribution in [3.63, 3.8) is 0 Å². The molecule has 122 valence electrons. The Balaban J connectivity index is 0. The minimum absolute atomic E-state index is 0.657. The molecule has 2 fully saturated rings. The normalized spacial score (nSPS) is 25.8. The predicted molar refractivity (Wildman–Crippen MR) is 93.6 cm³/mol. The molecule has 1 saturated carbocycles. The highest BCUT2D eigenvalue weighted by Gasteiger charge is 2.43. The predicted octanol–water partition coefficient (Wildman–Crippen LogP) is 4.73. The summed E-state index contributed by atoms with van der Waals surface area (Å²) in [7, 11) is 1.00. The average Bonchev–Trinajstić information content (AvgIpc) is 3.23. The molecule has 2 nitrogen and oxygen atoms in total. The van der Waals surface area contributed by atoms with Gasteiger partial charge >= 0.3 is 0 Å². The van der Waals surface area contributed by atoms with Crippen LogP contribution in [0.25, 0.3) is 0 Å². The number of aliphatic hydroxyl groups excluding tert-OH is 1. The van der Waals surface area contributed by atoms with Gasteiger partial charge in [-0.3, -0.25) is 0 Å². The van der Waals surface area contributed by atoms with Crippen molar-refractivity contribution in [1.82, 2.24) is 0 Å². The van der Waals surface area contributed by atoms with Crippen molar-refractivity contribution in [1.29, 1.82) is 0 Å². The monoisotopic (exact) mass is 304 g/mol. The van der Waals surface area contributed by atoms with E-state index in [1.54, 1.807) is 6.26 Å². The fourth-order valence-electron chi connectivity index (χ4n) is 2.16. The number of fused-ring (bicyclic) bond motifs is 1. The number of hydrogen-bond donors (Lipinski definition) is 2. The van der Waals surface area contributed by atoms with E-state index in [0.717, 1.165) is 13.0 Å². The first kappa shape index (κ1) is 22.3. The molecule has 0 bridgehead atoms. The molecule has 1 heterocycles. The lowest BCUT2D eigenvalue weighted by Crippen LogP contribution is -2.12. The first-order chi connectivity index (χ1) is 9.54. The van der Waals surface area contributed by atoms with E-state index in [2.05, 4.69) is 40.0 Å². The molecule has 3 atom stereocenters. The fourth-order valence-corrected chi connectivity index (χ4v) is 2.16. The van der Waals surface area contributed by atoms with Gasteiger partial charge in [-0.05, 0) is 44.3 Å². The van der Waals surface area contributed by atoms with Crippen LogP contribution in [0.5, 0.6) is 0 Å². The lowest BCUT2D eigenvalue weighted by molar-refractivity contribution is 0.350. The van der Waals surface area contributed by atoms with Crippen molar-refractivity contribution in [2.75, 3.05) is 13.4 Å². The summed E-state index contributed by atoms with van der Waals surface area (Å²) in [5.74, 6) is 1.65. The molecule has 1 aliphatic heterocycles. The average molecular weight is 305 g/mol. The number of aliphatic hydroxyl groups is 1. The zero-order valence-electron chi connectivity index (χ0n) is 14.4. The Morgan fingerprint density at radius 2 is 1.75 bits per heavy atom. The van der Waals surface area contributed by atoms with Gasteiger partial charge in [0.1, 0.15) is 0 Å². The molecule has 0 spiro atoms. The molecule has 3 heteroatoms. The third kappa shape index (κ3) is 10.8. The molecule has 0 aromatic heterocycles. The van der Waals surface area contributed by atoms with Gasteiger partial charge in [-0.25, -0.2) is 0 Å². The van der Waals surface area contributed by atoms with E-state index in [0.29, 0.717) is 18.1 Å². The maximum absolute atomic E-state index is 7.00. The number of ether oxygens (including phenoxy) is 1. The van der Waals surface area contributed by atoms with E-state index < -0.39 is 0 Å². The maximum Gasteiger partial charge on any atom is 0.0844 e. The zero-order valence-corrected chi connectivity index (χ0v) is 15.2. The Labute approximate surface area is 132 Å². The van der Waals surface area contributed by atoms with Crippen molar-refractivity contribution in [3.8, 4) is 0 Å². The van der Waals surface area contributed by atoms with Gasteiger partial charge in [-0.15, -0.1) is 0 Å². The van der Waals surface area contributed by atoms with Crippen LogP contribution in [0.1, 0.15) is 59.8 Å². The van der Waals surface area contributed by atoms with Crippen molar-refractivity contribution in [3.05, 3.63) is 12.2 Å². The van der Waals surface area contributed by atoms with Gasteiger partial charge in [0.25, 0.3) is 0 Å². The van der Waals surface area contributed by atoms with E-state index in [4.69, 9.17) is 9.84 Å². The number of rotatable bonds is 3. The van der Waals surface area contributed by atoms with E-state index >= 15 is 0 Å². The first-order valence-electron chi connectivity index (χ1n) is 7.74. The maximum atomic E-state index is 7.00. The van der Waals surface area contributed by atoms with Crippen molar-refractivity contribution in [2.45, 2.75) is 72.0 Å². The Morgan fingerprint density at radius 1 is 1.25 bits per heavy atom. The molecular formula is C17H36O2S. The summed E-state index contributed by atoms with van der Waals surface area (Å²) in [5.41, 5.74) is 1.26. The minimum Gasteiger partial charge on any atom is -0.400 e. The van der Waals surface area contributed by atoms with Crippen LogP contribution in [0.15, 0.2) is 12.2 Å². The molecule has 0 amide bonds. The SMILES string of the molecule is C=C(C)C(C)C.CCCC1CCC2OC2C1.CO.CS. The smallest absolute Gasteiger partial charge is 0.0844 e. The van der Waals surface area contributed by atoms with Crippen LogP contribution in [0.4, 0.5) is 0 Å². The molecule has 0 radical (unpaired) electrons. The van der Waals surface area contributed by atoms with Crippen LogP contribution in [0.3, 0.4) is 0 Å². The van der Waals surface area contributed by atoms with E-state index in [-0.39, 0.29) is 0 Å². The Hall–Kier alpha value is 0.0100. The molecule has 2 aliphatic rings.